The Morgan fingerprint density at radius 1 is 1.06 bits per heavy atom. The fourth-order valence-corrected chi connectivity index (χ4v) is 0.929. The van der Waals surface area contributed by atoms with Crippen molar-refractivity contribution in [2.45, 2.75) is 19.5 Å². The van der Waals surface area contributed by atoms with Crippen LogP contribution in [0.15, 0.2) is 24.3 Å². The summed E-state index contributed by atoms with van der Waals surface area (Å²) in [7, 11) is 0. The molecule has 3 heteroatoms. The van der Waals surface area contributed by atoms with Gasteiger partial charge in [0, 0.05) is 5.56 Å². The summed E-state index contributed by atoms with van der Waals surface area (Å²) in [5, 5.41) is 0. The summed E-state index contributed by atoms with van der Waals surface area (Å²) < 4.78 is 35.1. The maximum atomic E-state index is 11.7. The molecule has 0 saturated heterocycles. The van der Waals surface area contributed by atoms with Crippen molar-refractivity contribution in [2.24, 2.45) is 0 Å². The first kappa shape index (κ1) is 12.2. The van der Waals surface area contributed by atoms with E-state index in [0.29, 0.717) is 0 Å². The van der Waals surface area contributed by atoms with Crippen molar-refractivity contribution in [3.63, 3.8) is 0 Å². The largest absolute Gasteiger partial charge is 0.399 e. The van der Waals surface area contributed by atoms with E-state index >= 15 is 0 Å². The van der Waals surface area contributed by atoms with Crippen LogP contribution < -0.4 is 0 Å². The van der Waals surface area contributed by atoms with Crippen LogP contribution in [-0.2, 0) is 0 Å². The molecule has 0 bridgehead atoms. The Balaban J connectivity index is 2.59. The minimum Gasteiger partial charge on any atom is -0.170 e. The number of hydrogen-bond donors (Lipinski definition) is 0. The second-order valence-corrected chi connectivity index (χ2v) is 3.21. The molecule has 0 saturated carbocycles. The van der Waals surface area contributed by atoms with Gasteiger partial charge in [-0.05, 0) is 30.9 Å². The third-order valence-electron chi connectivity index (χ3n) is 1.70. The highest BCUT2D eigenvalue weighted by molar-refractivity contribution is 5.40. The van der Waals surface area contributed by atoms with Crippen LogP contribution in [0, 0.1) is 30.6 Å². The lowest BCUT2D eigenvalue weighted by Gasteiger charge is -1.96. The molecule has 16 heavy (non-hydrogen) atoms. The SMILES string of the molecule is Cc1ccc(C#CC#CCC(F)(F)F)cc1. The van der Waals surface area contributed by atoms with Gasteiger partial charge in [-0.25, -0.2) is 0 Å². The van der Waals surface area contributed by atoms with Gasteiger partial charge < -0.3 is 0 Å². The van der Waals surface area contributed by atoms with Gasteiger partial charge in [0.1, 0.15) is 6.42 Å². The summed E-state index contributed by atoms with van der Waals surface area (Å²) in [4.78, 5) is 0. The average Bonchev–Trinajstić information content (AvgIpc) is 2.19. The van der Waals surface area contributed by atoms with E-state index in [1.54, 1.807) is 12.1 Å². The number of halogens is 3. The third kappa shape index (κ3) is 5.12. The molecule has 0 aliphatic carbocycles. The van der Waals surface area contributed by atoms with Gasteiger partial charge in [-0.2, -0.15) is 13.2 Å². The van der Waals surface area contributed by atoms with Crippen LogP contribution in [0.5, 0.6) is 0 Å². The monoisotopic (exact) mass is 222 g/mol. The topological polar surface area (TPSA) is 0 Å². The first-order chi connectivity index (χ1) is 7.47. The van der Waals surface area contributed by atoms with Gasteiger partial charge in [0.15, 0.2) is 0 Å². The van der Waals surface area contributed by atoms with E-state index in [-0.39, 0.29) is 0 Å². The summed E-state index contributed by atoms with van der Waals surface area (Å²) in [6.45, 7) is 1.94. The quantitative estimate of drug-likeness (QED) is 0.591. The predicted octanol–water partition coefficient (Wildman–Crippen LogP) is 3.30. The van der Waals surface area contributed by atoms with E-state index in [1.807, 2.05) is 25.0 Å². The molecule has 0 aromatic heterocycles. The molecule has 0 N–H and O–H groups in total. The predicted molar refractivity (Wildman–Crippen MR) is 56.5 cm³/mol. The Morgan fingerprint density at radius 2 is 1.69 bits per heavy atom. The first-order valence-electron chi connectivity index (χ1n) is 4.60. The van der Waals surface area contributed by atoms with Crippen molar-refractivity contribution >= 4 is 0 Å². The highest BCUT2D eigenvalue weighted by Gasteiger charge is 2.25. The van der Waals surface area contributed by atoms with Crippen molar-refractivity contribution in [3.05, 3.63) is 35.4 Å². The van der Waals surface area contributed by atoms with Gasteiger partial charge >= 0.3 is 6.18 Å². The lowest BCUT2D eigenvalue weighted by molar-refractivity contribution is -0.123. The fourth-order valence-electron chi connectivity index (χ4n) is 0.929. The number of rotatable bonds is 0. The zero-order valence-electron chi connectivity index (χ0n) is 8.65. The number of aryl methyl sites for hydroxylation is 1. The molecular weight excluding hydrogens is 213 g/mol. The fraction of sp³-hybridized carbons (Fsp3) is 0.231. The van der Waals surface area contributed by atoms with Crippen molar-refractivity contribution < 1.29 is 13.2 Å². The maximum Gasteiger partial charge on any atom is 0.399 e. The molecule has 0 atom stereocenters. The molecule has 0 unspecified atom stereocenters. The second-order valence-electron chi connectivity index (χ2n) is 3.21. The summed E-state index contributed by atoms with van der Waals surface area (Å²) >= 11 is 0. The molecule has 0 spiro atoms. The van der Waals surface area contributed by atoms with Crippen LogP contribution in [0.2, 0.25) is 0 Å². The van der Waals surface area contributed by atoms with Gasteiger partial charge in [0.25, 0.3) is 0 Å². The zero-order chi connectivity index (χ0) is 12.0. The van der Waals surface area contributed by atoms with E-state index in [0.717, 1.165) is 11.1 Å². The third-order valence-corrected chi connectivity index (χ3v) is 1.70. The number of benzene rings is 1. The molecule has 1 rings (SSSR count). The minimum absolute atomic E-state index is 0.743. The van der Waals surface area contributed by atoms with Crippen LogP contribution in [0.3, 0.4) is 0 Å². The van der Waals surface area contributed by atoms with Gasteiger partial charge in [-0.15, -0.1) is 0 Å². The van der Waals surface area contributed by atoms with Crippen LogP contribution in [0.1, 0.15) is 17.5 Å². The van der Waals surface area contributed by atoms with Crippen molar-refractivity contribution in [1.82, 2.24) is 0 Å². The molecule has 82 valence electrons. The lowest BCUT2D eigenvalue weighted by atomic mass is 10.2. The summed E-state index contributed by atoms with van der Waals surface area (Å²) in [6.07, 6.45) is -5.35. The molecule has 0 radical (unpaired) electrons. The minimum atomic E-state index is -4.24. The number of alkyl halides is 3. The highest BCUT2D eigenvalue weighted by Crippen LogP contribution is 2.17. The van der Waals surface area contributed by atoms with Crippen molar-refractivity contribution in [1.29, 1.82) is 0 Å². The van der Waals surface area contributed by atoms with E-state index in [1.165, 1.54) is 0 Å². The van der Waals surface area contributed by atoms with Crippen molar-refractivity contribution in [3.8, 4) is 23.7 Å². The van der Waals surface area contributed by atoms with Crippen LogP contribution >= 0.6 is 0 Å². The Labute approximate surface area is 92.5 Å². The Hall–Kier alpha value is -1.87. The van der Waals surface area contributed by atoms with Gasteiger partial charge in [-0.3, -0.25) is 0 Å². The second kappa shape index (κ2) is 5.28. The Morgan fingerprint density at radius 3 is 2.25 bits per heavy atom. The lowest BCUT2D eigenvalue weighted by Crippen LogP contribution is -2.04. The number of hydrogen-bond acceptors (Lipinski definition) is 0. The van der Waals surface area contributed by atoms with Crippen molar-refractivity contribution in [2.75, 3.05) is 0 Å². The molecule has 0 aliphatic heterocycles. The van der Waals surface area contributed by atoms with Gasteiger partial charge in [0.05, 0.1) is 0 Å². The summed E-state index contributed by atoms with van der Waals surface area (Å²) in [5.74, 6) is 9.18. The first-order valence-corrected chi connectivity index (χ1v) is 4.60. The molecule has 1 aromatic rings. The Kier molecular flexibility index (Phi) is 4.03. The van der Waals surface area contributed by atoms with Gasteiger partial charge in [-0.1, -0.05) is 29.5 Å². The molecule has 0 fully saturated rings. The van der Waals surface area contributed by atoms with Crippen LogP contribution in [0.4, 0.5) is 13.2 Å². The highest BCUT2D eigenvalue weighted by atomic mass is 19.4. The van der Waals surface area contributed by atoms with Gasteiger partial charge in [0.2, 0.25) is 0 Å². The molecular formula is C13H9F3. The van der Waals surface area contributed by atoms with E-state index in [9.17, 15) is 13.2 Å². The van der Waals surface area contributed by atoms with Crippen LogP contribution in [0.25, 0.3) is 0 Å². The Bertz CT molecular complexity index is 458. The summed E-state index contributed by atoms with van der Waals surface area (Å²) in [6, 6.07) is 7.36. The van der Waals surface area contributed by atoms with Crippen LogP contribution in [-0.4, -0.2) is 6.18 Å². The standard InChI is InChI=1S/C13H9F3/c1-11-6-8-12(9-7-11)5-3-2-4-10-13(14,15)16/h6-9H,10H2,1H3. The zero-order valence-corrected chi connectivity index (χ0v) is 8.65. The maximum absolute atomic E-state index is 11.7. The summed E-state index contributed by atoms with van der Waals surface area (Å²) in [5.41, 5.74) is 1.85. The molecule has 0 heterocycles. The normalized spacial score (nSPS) is 9.75. The average molecular weight is 222 g/mol. The van der Waals surface area contributed by atoms with E-state index in [4.69, 9.17) is 0 Å². The molecule has 1 aromatic carbocycles. The van der Waals surface area contributed by atoms with E-state index < -0.39 is 12.6 Å². The smallest absolute Gasteiger partial charge is 0.170 e. The molecule has 0 aliphatic rings. The van der Waals surface area contributed by atoms with E-state index in [2.05, 4.69) is 17.8 Å². The molecule has 0 nitrogen and oxygen atoms in total. The molecule has 0 amide bonds.